The van der Waals surface area contributed by atoms with Crippen molar-refractivity contribution in [2.24, 2.45) is 11.5 Å². The summed E-state index contributed by atoms with van der Waals surface area (Å²) in [4.78, 5) is 14.8. The van der Waals surface area contributed by atoms with Crippen LogP contribution < -0.4 is 11.5 Å². The molecule has 0 fully saturated rings. The first-order chi connectivity index (χ1) is 10.4. The fraction of sp³-hybridized carbons (Fsp3) is 0.353. The van der Waals surface area contributed by atoms with E-state index in [4.69, 9.17) is 11.5 Å². The quantitative estimate of drug-likeness (QED) is 0.785. The van der Waals surface area contributed by atoms with E-state index in [1.54, 1.807) is 0 Å². The van der Waals surface area contributed by atoms with Gasteiger partial charge in [0.05, 0.1) is 11.1 Å². The third-order valence-corrected chi connectivity index (χ3v) is 4.51. The number of hydrogen-bond donors (Lipinski definition) is 3. The smallest absolute Gasteiger partial charge is 0.250 e. The number of fused-ring (bicyclic) bond motifs is 1. The molecule has 0 unspecified atom stereocenters. The van der Waals surface area contributed by atoms with Gasteiger partial charge in [-0.25, -0.2) is 4.39 Å². The summed E-state index contributed by atoms with van der Waals surface area (Å²) in [5.74, 6) is -1.05. The number of amides is 1. The molecule has 6 heteroatoms. The minimum atomic E-state index is -0.633. The van der Waals surface area contributed by atoms with Crippen LogP contribution in [0, 0.1) is 19.7 Å². The lowest BCUT2D eigenvalue weighted by atomic mass is 9.87. The number of rotatable bonds is 2. The molecule has 124 valence electrons. The Hall–Kier alpha value is -1.85. The van der Waals surface area contributed by atoms with Crippen LogP contribution >= 0.6 is 12.4 Å². The Morgan fingerprint density at radius 3 is 2.70 bits per heavy atom. The fourth-order valence-corrected chi connectivity index (χ4v) is 3.29. The Labute approximate surface area is 140 Å². The number of hydrogen-bond acceptors (Lipinski definition) is 2. The summed E-state index contributed by atoms with van der Waals surface area (Å²) < 4.78 is 14.7. The van der Waals surface area contributed by atoms with Gasteiger partial charge in [-0.1, -0.05) is 6.08 Å². The topological polar surface area (TPSA) is 84.9 Å². The number of aromatic nitrogens is 1. The zero-order chi connectivity index (χ0) is 16.0. The molecular weight excluding hydrogens is 317 g/mol. The van der Waals surface area contributed by atoms with E-state index in [1.807, 2.05) is 19.9 Å². The third-order valence-electron chi connectivity index (χ3n) is 4.51. The molecule has 0 radical (unpaired) electrons. The number of carbonyl (C=O) groups is 1. The van der Waals surface area contributed by atoms with Crippen LogP contribution in [0.15, 0.2) is 12.1 Å². The van der Waals surface area contributed by atoms with Crippen LogP contribution in [-0.2, 0) is 0 Å². The molecule has 0 saturated heterocycles. The number of allylic oxidation sites excluding steroid dienone is 1. The van der Waals surface area contributed by atoms with E-state index in [-0.39, 0.29) is 24.0 Å². The summed E-state index contributed by atoms with van der Waals surface area (Å²) in [6, 6.07) is 1.19. The standard InChI is InChI=1S/C17H20FN3O.ClH/c1-8-9(2)21-16-12(17(20)22)7-13(18)15(14(8)16)10-4-3-5-11(19)6-10;/h6-7,11,21H,3-5,19H2,1-2H3,(H2,20,22);1H/t11-;/m0./s1. The monoisotopic (exact) mass is 337 g/mol. The van der Waals surface area contributed by atoms with Gasteiger partial charge in [-0.3, -0.25) is 4.79 Å². The first kappa shape index (κ1) is 17.5. The molecule has 1 heterocycles. The molecule has 1 aliphatic carbocycles. The van der Waals surface area contributed by atoms with Gasteiger partial charge in [0.25, 0.3) is 5.91 Å². The Morgan fingerprint density at radius 1 is 1.39 bits per heavy atom. The predicted octanol–water partition coefficient (Wildman–Crippen LogP) is 3.34. The van der Waals surface area contributed by atoms with Crippen molar-refractivity contribution in [3.8, 4) is 0 Å². The van der Waals surface area contributed by atoms with E-state index < -0.39 is 11.7 Å². The minimum absolute atomic E-state index is 0. The van der Waals surface area contributed by atoms with Gasteiger partial charge < -0.3 is 16.5 Å². The number of primary amides is 1. The Kier molecular flexibility index (Phi) is 4.82. The van der Waals surface area contributed by atoms with E-state index in [9.17, 15) is 9.18 Å². The maximum Gasteiger partial charge on any atom is 0.250 e. The number of H-pyrrole nitrogens is 1. The zero-order valence-electron chi connectivity index (χ0n) is 13.2. The lowest BCUT2D eigenvalue weighted by Crippen LogP contribution is -2.20. The summed E-state index contributed by atoms with van der Waals surface area (Å²) in [5, 5.41) is 0.742. The molecule has 0 saturated carbocycles. The highest BCUT2D eigenvalue weighted by atomic mass is 35.5. The Bertz CT molecular complexity index is 810. The average molecular weight is 338 g/mol. The van der Waals surface area contributed by atoms with Crippen LogP contribution in [0.3, 0.4) is 0 Å². The van der Waals surface area contributed by atoms with Crippen molar-refractivity contribution >= 4 is 34.8 Å². The van der Waals surface area contributed by atoms with E-state index in [2.05, 4.69) is 4.98 Å². The summed E-state index contributed by atoms with van der Waals surface area (Å²) in [7, 11) is 0. The second-order valence-electron chi connectivity index (χ2n) is 6.02. The second-order valence-corrected chi connectivity index (χ2v) is 6.02. The van der Waals surface area contributed by atoms with E-state index in [1.165, 1.54) is 6.07 Å². The van der Waals surface area contributed by atoms with Crippen molar-refractivity contribution in [2.75, 3.05) is 0 Å². The molecule has 0 bridgehead atoms. The third kappa shape index (κ3) is 2.86. The van der Waals surface area contributed by atoms with Gasteiger partial charge in [-0.2, -0.15) is 0 Å². The van der Waals surface area contributed by atoms with E-state index in [0.717, 1.165) is 41.5 Å². The van der Waals surface area contributed by atoms with Gasteiger partial charge in [0, 0.05) is 22.7 Å². The van der Waals surface area contributed by atoms with E-state index >= 15 is 0 Å². The van der Waals surface area contributed by atoms with Crippen molar-refractivity contribution in [1.82, 2.24) is 4.98 Å². The first-order valence-corrected chi connectivity index (χ1v) is 7.48. The number of aryl methyl sites for hydroxylation is 2. The maximum atomic E-state index is 14.7. The lowest BCUT2D eigenvalue weighted by Gasteiger charge is -2.20. The van der Waals surface area contributed by atoms with Gasteiger partial charge in [-0.05, 0) is 50.3 Å². The fourth-order valence-electron chi connectivity index (χ4n) is 3.29. The second kappa shape index (κ2) is 6.34. The van der Waals surface area contributed by atoms with Crippen molar-refractivity contribution in [1.29, 1.82) is 0 Å². The van der Waals surface area contributed by atoms with Crippen molar-refractivity contribution in [2.45, 2.75) is 39.2 Å². The molecule has 3 rings (SSSR count). The number of halogens is 2. The number of nitrogens with one attached hydrogen (secondary N) is 1. The maximum absolute atomic E-state index is 14.7. The lowest BCUT2D eigenvalue weighted by molar-refractivity contribution is 0.100. The van der Waals surface area contributed by atoms with Crippen molar-refractivity contribution in [3.63, 3.8) is 0 Å². The van der Waals surface area contributed by atoms with Crippen molar-refractivity contribution < 1.29 is 9.18 Å². The highest BCUT2D eigenvalue weighted by Crippen LogP contribution is 2.37. The molecule has 5 N–H and O–H groups in total. The predicted molar refractivity (Wildman–Crippen MR) is 93.3 cm³/mol. The van der Waals surface area contributed by atoms with Crippen molar-refractivity contribution in [3.05, 3.63) is 40.3 Å². The van der Waals surface area contributed by atoms with Gasteiger partial charge in [0.15, 0.2) is 0 Å². The van der Waals surface area contributed by atoms with Gasteiger partial charge in [-0.15, -0.1) is 12.4 Å². The average Bonchev–Trinajstić information content (AvgIpc) is 2.74. The molecule has 23 heavy (non-hydrogen) atoms. The highest BCUT2D eigenvalue weighted by molar-refractivity contribution is 6.09. The normalized spacial score (nSPS) is 17.7. The number of nitrogens with two attached hydrogens (primary N) is 2. The SMILES string of the molecule is Cc1[nH]c2c(C(N)=O)cc(F)c(C3=C[C@@H](N)CCC3)c2c1C.Cl. The van der Waals surface area contributed by atoms with Crippen LogP contribution in [0.5, 0.6) is 0 Å². The van der Waals surface area contributed by atoms with Gasteiger partial charge in [0.2, 0.25) is 0 Å². The molecule has 1 aliphatic rings. The largest absolute Gasteiger partial charge is 0.366 e. The molecule has 1 amide bonds. The molecule has 0 spiro atoms. The van der Waals surface area contributed by atoms with Gasteiger partial charge in [0.1, 0.15) is 5.82 Å². The van der Waals surface area contributed by atoms with Crippen LogP contribution in [0.25, 0.3) is 16.5 Å². The Balaban J connectivity index is 0.00000192. The summed E-state index contributed by atoms with van der Waals surface area (Å²) in [6.07, 6.45) is 4.58. The highest BCUT2D eigenvalue weighted by Gasteiger charge is 2.23. The molecule has 1 aromatic heterocycles. The van der Waals surface area contributed by atoms with Crippen LogP contribution in [0.1, 0.15) is 46.4 Å². The van der Waals surface area contributed by atoms with Crippen LogP contribution in [0.4, 0.5) is 4.39 Å². The van der Waals surface area contributed by atoms with Crippen LogP contribution in [0.2, 0.25) is 0 Å². The molecule has 1 aromatic carbocycles. The number of aromatic amines is 1. The van der Waals surface area contributed by atoms with E-state index in [0.29, 0.717) is 11.1 Å². The Morgan fingerprint density at radius 2 is 2.09 bits per heavy atom. The summed E-state index contributed by atoms with van der Waals surface area (Å²) in [5.41, 5.74) is 15.5. The minimum Gasteiger partial charge on any atom is -0.366 e. The zero-order valence-corrected chi connectivity index (χ0v) is 14.0. The molecule has 4 nitrogen and oxygen atoms in total. The molecular formula is C17H21ClFN3O. The number of carbonyl (C=O) groups excluding carboxylic acids is 1. The molecule has 1 atom stereocenters. The molecule has 0 aliphatic heterocycles. The van der Waals surface area contributed by atoms with Gasteiger partial charge >= 0.3 is 0 Å². The number of benzene rings is 1. The molecule has 2 aromatic rings. The first-order valence-electron chi connectivity index (χ1n) is 7.48. The summed E-state index contributed by atoms with van der Waals surface area (Å²) in [6.45, 7) is 3.83. The summed E-state index contributed by atoms with van der Waals surface area (Å²) >= 11 is 0. The van der Waals surface area contributed by atoms with Crippen LogP contribution in [-0.4, -0.2) is 16.9 Å².